The van der Waals surface area contributed by atoms with Crippen molar-refractivity contribution in [3.05, 3.63) is 75.1 Å². The Hall–Kier alpha value is -3.46. The van der Waals surface area contributed by atoms with Gasteiger partial charge in [0.05, 0.1) is 12.8 Å². The molecule has 0 spiro atoms. The Morgan fingerprint density at radius 1 is 1.21 bits per heavy atom. The van der Waals surface area contributed by atoms with Gasteiger partial charge in [-0.1, -0.05) is 12.1 Å². The second-order valence-corrected chi connectivity index (χ2v) is 6.99. The van der Waals surface area contributed by atoms with Gasteiger partial charge in [-0.3, -0.25) is 19.7 Å². The minimum atomic E-state index is -0.523. The summed E-state index contributed by atoms with van der Waals surface area (Å²) in [5, 5.41) is 7.62. The molecule has 3 aromatic rings. The SMILES string of the molecule is COc1ccc(CNC(=O)CCc2csc(NC(=O)c3ccc[nH]c3=O)n2)cc1. The quantitative estimate of drug-likeness (QED) is 0.526. The molecule has 0 aliphatic rings. The third-order valence-electron chi connectivity index (χ3n) is 4.09. The highest BCUT2D eigenvalue weighted by atomic mass is 32.1. The first-order valence-corrected chi connectivity index (χ1v) is 9.76. The van der Waals surface area contributed by atoms with Crippen LogP contribution in [0.1, 0.15) is 28.0 Å². The van der Waals surface area contributed by atoms with Crippen molar-refractivity contribution in [1.29, 1.82) is 0 Å². The number of hydrogen-bond donors (Lipinski definition) is 3. The van der Waals surface area contributed by atoms with Crippen molar-refractivity contribution in [2.24, 2.45) is 0 Å². The van der Waals surface area contributed by atoms with Gasteiger partial charge in [-0.15, -0.1) is 11.3 Å². The first-order valence-electron chi connectivity index (χ1n) is 8.88. The number of ether oxygens (including phenoxy) is 1. The van der Waals surface area contributed by atoms with E-state index in [0.29, 0.717) is 23.8 Å². The van der Waals surface area contributed by atoms with E-state index in [1.54, 1.807) is 18.6 Å². The lowest BCUT2D eigenvalue weighted by atomic mass is 10.2. The summed E-state index contributed by atoms with van der Waals surface area (Å²) in [4.78, 5) is 42.6. The number of anilines is 1. The van der Waals surface area contributed by atoms with E-state index in [1.165, 1.54) is 23.6 Å². The minimum absolute atomic E-state index is 0.0159. The van der Waals surface area contributed by atoms with Crippen molar-refractivity contribution in [3.8, 4) is 5.75 Å². The van der Waals surface area contributed by atoms with Crippen molar-refractivity contribution in [3.63, 3.8) is 0 Å². The van der Waals surface area contributed by atoms with E-state index in [0.717, 1.165) is 11.3 Å². The molecule has 2 aromatic heterocycles. The molecule has 0 fully saturated rings. The van der Waals surface area contributed by atoms with Crippen LogP contribution in [0.5, 0.6) is 5.75 Å². The molecule has 0 bridgehead atoms. The maximum absolute atomic E-state index is 12.1. The van der Waals surface area contributed by atoms with Crippen LogP contribution in [-0.2, 0) is 17.8 Å². The number of thiazole rings is 1. The molecule has 3 N–H and O–H groups in total. The van der Waals surface area contributed by atoms with Crippen LogP contribution >= 0.6 is 11.3 Å². The third-order valence-corrected chi connectivity index (χ3v) is 4.90. The minimum Gasteiger partial charge on any atom is -0.497 e. The molecule has 2 heterocycles. The number of aromatic nitrogens is 2. The van der Waals surface area contributed by atoms with Gasteiger partial charge in [0.25, 0.3) is 11.5 Å². The normalized spacial score (nSPS) is 10.4. The van der Waals surface area contributed by atoms with E-state index in [-0.39, 0.29) is 17.9 Å². The number of methoxy groups -OCH3 is 1. The number of nitrogens with zero attached hydrogens (tertiary/aromatic N) is 1. The van der Waals surface area contributed by atoms with Gasteiger partial charge in [0.15, 0.2) is 5.13 Å². The van der Waals surface area contributed by atoms with Crippen LogP contribution in [-0.4, -0.2) is 28.9 Å². The van der Waals surface area contributed by atoms with Crippen LogP contribution < -0.4 is 20.9 Å². The fourth-order valence-corrected chi connectivity index (χ4v) is 3.26. The lowest BCUT2D eigenvalue weighted by Crippen LogP contribution is -2.23. The maximum atomic E-state index is 12.1. The molecule has 29 heavy (non-hydrogen) atoms. The highest BCUT2D eigenvalue weighted by molar-refractivity contribution is 7.14. The predicted molar refractivity (Wildman–Crippen MR) is 110 cm³/mol. The van der Waals surface area contributed by atoms with Crippen LogP contribution in [0.4, 0.5) is 5.13 Å². The molecule has 150 valence electrons. The molecule has 8 nitrogen and oxygen atoms in total. The second-order valence-electron chi connectivity index (χ2n) is 6.14. The van der Waals surface area contributed by atoms with Crippen LogP contribution in [0, 0.1) is 0 Å². The maximum Gasteiger partial charge on any atom is 0.263 e. The number of amides is 2. The smallest absolute Gasteiger partial charge is 0.263 e. The number of pyridine rings is 1. The van der Waals surface area contributed by atoms with Crippen LogP contribution in [0.3, 0.4) is 0 Å². The third kappa shape index (κ3) is 5.76. The predicted octanol–water partition coefficient (Wildman–Crippen LogP) is 2.34. The zero-order valence-electron chi connectivity index (χ0n) is 15.7. The zero-order valence-corrected chi connectivity index (χ0v) is 16.5. The molecule has 0 atom stereocenters. The lowest BCUT2D eigenvalue weighted by Gasteiger charge is -2.06. The van der Waals surface area contributed by atoms with Crippen LogP contribution in [0.25, 0.3) is 0 Å². The molecule has 3 rings (SSSR count). The second kappa shape index (κ2) is 9.65. The number of aromatic amines is 1. The van der Waals surface area contributed by atoms with E-state index >= 15 is 0 Å². The fraction of sp³-hybridized carbons (Fsp3) is 0.200. The summed E-state index contributed by atoms with van der Waals surface area (Å²) in [7, 11) is 1.60. The summed E-state index contributed by atoms with van der Waals surface area (Å²) in [6, 6.07) is 10.5. The van der Waals surface area contributed by atoms with E-state index in [2.05, 4.69) is 20.6 Å². The van der Waals surface area contributed by atoms with Gasteiger partial charge in [-0.25, -0.2) is 4.98 Å². The summed E-state index contributed by atoms with van der Waals surface area (Å²) in [5.41, 5.74) is 1.23. The molecular formula is C20H20N4O4S. The van der Waals surface area contributed by atoms with Crippen molar-refractivity contribution in [1.82, 2.24) is 15.3 Å². The van der Waals surface area contributed by atoms with E-state index in [9.17, 15) is 14.4 Å². The molecule has 0 saturated heterocycles. The molecule has 0 aliphatic carbocycles. The number of carbonyl (C=O) groups excluding carboxylic acids is 2. The Balaban J connectivity index is 1.46. The van der Waals surface area contributed by atoms with E-state index < -0.39 is 11.5 Å². The van der Waals surface area contributed by atoms with Gasteiger partial charge >= 0.3 is 0 Å². The Labute approximate surface area is 171 Å². The number of H-pyrrole nitrogens is 1. The van der Waals surface area contributed by atoms with Crippen LogP contribution in [0.15, 0.2) is 52.8 Å². The van der Waals surface area contributed by atoms with Gasteiger partial charge in [0.2, 0.25) is 5.91 Å². The lowest BCUT2D eigenvalue weighted by molar-refractivity contribution is -0.121. The van der Waals surface area contributed by atoms with Crippen LogP contribution in [0.2, 0.25) is 0 Å². The molecule has 0 saturated carbocycles. The average Bonchev–Trinajstić information content (AvgIpc) is 3.18. The molecule has 0 aliphatic heterocycles. The highest BCUT2D eigenvalue weighted by Crippen LogP contribution is 2.17. The monoisotopic (exact) mass is 412 g/mol. The Morgan fingerprint density at radius 2 is 2.00 bits per heavy atom. The molecule has 2 amide bonds. The number of aryl methyl sites for hydroxylation is 1. The standard InChI is InChI=1S/C20H20N4O4S/c1-28-15-7-4-13(5-8-15)11-22-17(25)9-6-14-12-29-20(23-14)24-19(27)16-3-2-10-21-18(16)26/h2-5,7-8,10,12H,6,9,11H2,1H3,(H,21,26)(H,22,25)(H,23,24,27). The fourth-order valence-electron chi connectivity index (χ4n) is 2.52. The molecule has 9 heteroatoms. The largest absolute Gasteiger partial charge is 0.497 e. The van der Waals surface area contributed by atoms with E-state index in [1.807, 2.05) is 24.3 Å². The van der Waals surface area contributed by atoms with Gasteiger partial charge < -0.3 is 15.0 Å². The number of carbonyl (C=O) groups is 2. The Bertz CT molecular complexity index is 1040. The first-order chi connectivity index (χ1) is 14.0. The molecule has 1 aromatic carbocycles. The zero-order chi connectivity index (χ0) is 20.6. The summed E-state index contributed by atoms with van der Waals surface area (Å²) < 4.78 is 5.10. The van der Waals surface area contributed by atoms with Gasteiger partial charge in [0.1, 0.15) is 11.3 Å². The van der Waals surface area contributed by atoms with Crippen molar-refractivity contribution >= 4 is 28.3 Å². The number of nitrogens with one attached hydrogen (secondary N) is 3. The summed E-state index contributed by atoms with van der Waals surface area (Å²) in [6.45, 7) is 0.437. The topological polar surface area (TPSA) is 113 Å². The molecule has 0 radical (unpaired) electrons. The van der Waals surface area contributed by atoms with Gasteiger partial charge in [-0.05, 0) is 36.2 Å². The van der Waals surface area contributed by atoms with E-state index in [4.69, 9.17) is 4.74 Å². The summed E-state index contributed by atoms with van der Waals surface area (Å²) in [5.74, 6) is 0.156. The Morgan fingerprint density at radius 3 is 2.72 bits per heavy atom. The summed E-state index contributed by atoms with van der Waals surface area (Å²) in [6.07, 6.45) is 2.19. The average molecular weight is 412 g/mol. The highest BCUT2D eigenvalue weighted by Gasteiger charge is 2.12. The van der Waals surface area contributed by atoms with Crippen molar-refractivity contribution in [2.75, 3.05) is 12.4 Å². The number of rotatable bonds is 8. The van der Waals surface area contributed by atoms with Crippen molar-refractivity contribution < 1.29 is 14.3 Å². The first kappa shape index (κ1) is 20.3. The summed E-state index contributed by atoms with van der Waals surface area (Å²) >= 11 is 1.24. The van der Waals surface area contributed by atoms with Crippen molar-refractivity contribution in [2.45, 2.75) is 19.4 Å². The molecule has 0 unspecified atom stereocenters. The Kier molecular flexibility index (Phi) is 6.75. The molecular weight excluding hydrogens is 392 g/mol. The number of benzene rings is 1. The number of hydrogen-bond acceptors (Lipinski definition) is 6. The van der Waals surface area contributed by atoms with Gasteiger partial charge in [-0.2, -0.15) is 0 Å². The van der Waals surface area contributed by atoms with Gasteiger partial charge in [0, 0.05) is 24.5 Å².